The standard InChI is InChI=1S/3C18H15S.3C16H20F4O4/c3*1-4-10-16(11-5-1)19(17-12-6-2-7-13-17)18-14-8-3-9-15-18;3*1-13(17,18)12(21)24-14-4-9-2-10(5-14)16(11(3-9)6-14)22-7-15(19,20)8-23-16/h3*1-15H;3*9-11H,2-8H2,1H3/q3*+1;;;. The van der Waals surface area contributed by atoms with Gasteiger partial charge >= 0.3 is 35.7 Å². The zero-order valence-corrected chi connectivity index (χ0v) is 74.1. The molecule has 15 fully saturated rings. The summed E-state index contributed by atoms with van der Waals surface area (Å²) in [7, 11) is -0.0439. The van der Waals surface area contributed by atoms with E-state index in [9.17, 15) is 67.1 Å². The minimum Gasteiger partial charge on any atom is -0.455 e. The molecule has 129 heavy (non-hydrogen) atoms. The lowest BCUT2D eigenvalue weighted by Crippen LogP contribution is -2.69. The van der Waals surface area contributed by atoms with Crippen LogP contribution >= 0.6 is 0 Å². The molecule has 6 unspecified atom stereocenters. The zero-order valence-electron chi connectivity index (χ0n) is 71.7. The lowest BCUT2D eigenvalue weighted by Gasteiger charge is -2.64. The quantitative estimate of drug-likeness (QED) is 0.0418. The Hall–Kier alpha value is -8.64. The Morgan fingerprint density at radius 1 is 0.256 bits per heavy atom. The minimum absolute atomic E-state index is 0.0146. The molecule has 12 saturated carbocycles. The smallest absolute Gasteiger partial charge is 0.377 e. The van der Waals surface area contributed by atoms with Gasteiger partial charge in [-0.1, -0.05) is 164 Å². The van der Waals surface area contributed by atoms with Crippen molar-refractivity contribution in [1.82, 2.24) is 0 Å². The predicted molar refractivity (Wildman–Crippen MR) is 462 cm³/mol. The van der Waals surface area contributed by atoms with Gasteiger partial charge in [0.1, 0.15) is 56.4 Å². The Balaban J connectivity index is 0.000000114. The topological polar surface area (TPSA) is 134 Å². The number of benzene rings is 9. The van der Waals surface area contributed by atoms with Gasteiger partial charge in [-0.3, -0.25) is 0 Å². The van der Waals surface area contributed by atoms with E-state index in [2.05, 4.69) is 273 Å². The summed E-state index contributed by atoms with van der Waals surface area (Å²) in [5.41, 5.74) is -2.82. The fourth-order valence-electron chi connectivity index (χ4n) is 22.0. The number of carbonyl (C=O) groups excluding carboxylic acids is 3. The molecule has 0 aromatic heterocycles. The first-order valence-corrected chi connectivity index (χ1v) is 47.6. The average Bonchev–Trinajstić information content (AvgIpc) is 0.710. The van der Waals surface area contributed by atoms with Gasteiger partial charge < -0.3 is 42.6 Å². The summed E-state index contributed by atoms with van der Waals surface area (Å²) >= 11 is 0. The van der Waals surface area contributed by atoms with Gasteiger partial charge in [-0.15, -0.1) is 0 Å². The number of hydrogen-bond acceptors (Lipinski definition) is 12. The van der Waals surface area contributed by atoms with Gasteiger partial charge in [0.05, 0.1) is 32.7 Å². The largest absolute Gasteiger partial charge is 0.455 e. The van der Waals surface area contributed by atoms with Crippen LogP contribution in [0.5, 0.6) is 0 Å². The fraction of sp³-hybridized carbons (Fsp3) is 0.441. The molecule has 9 aromatic carbocycles. The molecular weight excluding hydrogens is 1740 g/mol. The van der Waals surface area contributed by atoms with Crippen LogP contribution in [0.2, 0.25) is 0 Å². The van der Waals surface area contributed by atoms with Crippen molar-refractivity contribution >= 4 is 50.6 Å². The number of carbonyl (C=O) groups is 3. The summed E-state index contributed by atoms with van der Waals surface area (Å²) in [6.07, 6.45) is 7.97. The van der Waals surface area contributed by atoms with Crippen LogP contribution in [0.15, 0.2) is 317 Å². The molecule has 0 radical (unpaired) electrons. The molecule has 24 rings (SSSR count). The Morgan fingerprint density at radius 3 is 0.527 bits per heavy atom. The number of esters is 3. The molecular formula is C102H105F12O12S3+3. The first-order chi connectivity index (χ1) is 61.5. The maximum atomic E-state index is 13.4. The third-order valence-electron chi connectivity index (χ3n) is 26.7. The molecule has 0 amide bonds. The molecule has 12 bridgehead atoms. The molecule has 6 atom stereocenters. The Morgan fingerprint density at radius 2 is 0.395 bits per heavy atom. The van der Waals surface area contributed by atoms with Gasteiger partial charge in [0.2, 0.25) is 0 Å². The van der Waals surface area contributed by atoms with E-state index in [0.29, 0.717) is 78.6 Å². The van der Waals surface area contributed by atoms with E-state index in [4.69, 9.17) is 42.6 Å². The fourth-order valence-corrected chi connectivity index (χ4v) is 28.3. The SMILES string of the molecule is CC(F)(F)C(=O)OC12CC3CC(C1)C1(OCC(F)(F)CO1)C(C3)C2.CC(F)(F)C(=O)OC12CC3CC(C1)C1(OCC(F)(F)CO1)C(C3)C2.CC(F)(F)C(=O)OC12CC3CC(C1)C1(OCC(F)(F)CO1)C(C3)C2.c1ccc([S+](c2ccccc2)c2ccccc2)cc1.c1ccc([S+](c2ccccc2)c2ccccc2)cc1.c1ccc([S+](c2ccccc2)c2ccccc2)cc1. The van der Waals surface area contributed by atoms with Crippen molar-refractivity contribution in [1.29, 1.82) is 0 Å². The molecule has 3 aliphatic heterocycles. The van der Waals surface area contributed by atoms with E-state index < -0.39 is 127 Å². The van der Waals surface area contributed by atoms with Gasteiger partial charge in [0.25, 0.3) is 17.8 Å². The van der Waals surface area contributed by atoms with Crippen molar-refractivity contribution < 1.29 is 110 Å². The van der Waals surface area contributed by atoms with Crippen molar-refractivity contribution in [2.24, 2.45) is 53.3 Å². The molecule has 3 heterocycles. The van der Waals surface area contributed by atoms with Gasteiger partial charge in [-0.05, 0) is 223 Å². The second kappa shape index (κ2) is 37.8. The van der Waals surface area contributed by atoms with Crippen LogP contribution < -0.4 is 0 Å². The molecule has 684 valence electrons. The maximum Gasteiger partial charge on any atom is 0.377 e. The number of hydrogen-bond donors (Lipinski definition) is 0. The number of ether oxygens (including phenoxy) is 9. The average molecular weight is 1850 g/mol. The normalized spacial score (nSPS) is 28.3. The molecule has 12 nitrogen and oxygen atoms in total. The first kappa shape index (κ1) is 93.6. The van der Waals surface area contributed by atoms with Gasteiger partial charge in [-0.25, -0.2) is 40.7 Å². The van der Waals surface area contributed by atoms with Crippen molar-refractivity contribution in [2.45, 2.75) is 231 Å². The number of halogens is 12. The van der Waals surface area contributed by atoms with Crippen LogP contribution in [0.25, 0.3) is 0 Å². The monoisotopic (exact) mass is 1850 g/mol. The zero-order chi connectivity index (χ0) is 90.9. The van der Waals surface area contributed by atoms with Crippen LogP contribution in [0.3, 0.4) is 0 Å². The highest BCUT2D eigenvalue weighted by Gasteiger charge is 2.72. The second-order valence-electron chi connectivity index (χ2n) is 36.6. The highest BCUT2D eigenvalue weighted by atomic mass is 32.2. The molecule has 9 aromatic rings. The second-order valence-corrected chi connectivity index (χ2v) is 42.7. The minimum atomic E-state index is -3.54. The lowest BCUT2D eigenvalue weighted by molar-refractivity contribution is -0.405. The van der Waals surface area contributed by atoms with E-state index in [0.717, 1.165) is 38.5 Å². The summed E-state index contributed by atoms with van der Waals surface area (Å²) < 4.78 is 208. The summed E-state index contributed by atoms with van der Waals surface area (Å²) in [4.78, 5) is 47.3. The van der Waals surface area contributed by atoms with Gasteiger partial charge in [-0.2, -0.15) is 26.3 Å². The van der Waals surface area contributed by atoms with Crippen molar-refractivity contribution in [3.63, 3.8) is 0 Å². The first-order valence-electron chi connectivity index (χ1n) is 44.0. The molecule has 3 spiro atoms. The molecule has 27 heteroatoms. The van der Waals surface area contributed by atoms with Crippen molar-refractivity contribution in [2.75, 3.05) is 39.6 Å². The van der Waals surface area contributed by atoms with Crippen molar-refractivity contribution in [3.8, 4) is 0 Å². The predicted octanol–water partition coefficient (Wildman–Crippen LogP) is 23.8. The van der Waals surface area contributed by atoms with Crippen LogP contribution in [0.4, 0.5) is 52.7 Å². The van der Waals surface area contributed by atoms with Crippen molar-refractivity contribution in [3.05, 3.63) is 273 Å². The molecule has 12 aliphatic carbocycles. The molecule has 15 aliphatic rings. The Kier molecular flexibility index (Phi) is 27.4. The molecule has 0 N–H and O–H groups in total. The summed E-state index contributed by atoms with van der Waals surface area (Å²) in [6.45, 7) is -2.58. The van der Waals surface area contributed by atoms with Gasteiger partial charge in [0.15, 0.2) is 61.4 Å². The number of alkyl halides is 12. The van der Waals surface area contributed by atoms with Crippen LogP contribution in [-0.4, -0.2) is 127 Å². The van der Waals surface area contributed by atoms with E-state index in [1.54, 1.807) is 0 Å². The van der Waals surface area contributed by atoms with Crippen LogP contribution in [0.1, 0.15) is 117 Å². The Labute approximate surface area is 752 Å². The third-order valence-corrected chi connectivity index (χ3v) is 33.4. The molecule has 3 saturated heterocycles. The summed E-state index contributed by atoms with van der Waals surface area (Å²) in [5.74, 6) is -28.0. The van der Waals surface area contributed by atoms with E-state index in [-0.39, 0.29) is 85.9 Å². The van der Waals surface area contributed by atoms with Crippen LogP contribution in [-0.2, 0) is 89.7 Å². The lowest BCUT2D eigenvalue weighted by atomic mass is 9.51. The highest BCUT2D eigenvalue weighted by Crippen LogP contribution is 2.67. The van der Waals surface area contributed by atoms with E-state index >= 15 is 0 Å². The highest BCUT2D eigenvalue weighted by molar-refractivity contribution is 7.97. The van der Waals surface area contributed by atoms with E-state index in [1.807, 2.05) is 0 Å². The number of rotatable bonds is 15. The maximum absolute atomic E-state index is 13.4. The van der Waals surface area contributed by atoms with E-state index in [1.165, 1.54) is 44.1 Å². The summed E-state index contributed by atoms with van der Waals surface area (Å²) in [5, 5.41) is 0. The third kappa shape index (κ3) is 21.1. The Bertz CT molecular complexity index is 4350. The van der Waals surface area contributed by atoms with Gasteiger partial charge in [0, 0.05) is 56.3 Å². The summed E-state index contributed by atoms with van der Waals surface area (Å²) in [6, 6.07) is 96.5. The van der Waals surface area contributed by atoms with Crippen LogP contribution in [0, 0.1) is 53.3 Å².